The van der Waals surface area contributed by atoms with E-state index in [0.29, 0.717) is 12.8 Å². The number of carbonyl (C=O) groups is 3. The summed E-state index contributed by atoms with van der Waals surface area (Å²) in [7, 11) is 0. The second-order valence-corrected chi connectivity index (χ2v) is 15.2. The van der Waals surface area contributed by atoms with Gasteiger partial charge in [-0.1, -0.05) is 49.3 Å². The number of aliphatic hydroxyl groups is 3. The molecule has 46 heavy (non-hydrogen) atoms. The molecule has 0 radical (unpaired) electrons. The van der Waals surface area contributed by atoms with Crippen LogP contribution < -0.4 is 0 Å². The number of Topliss-reactive ketones (excluding diaryl/α,β-unsaturated/α-hetero) is 3. The molecule has 0 saturated heterocycles. The highest BCUT2D eigenvalue weighted by molar-refractivity contribution is 6.41. The number of hydrogen-bond acceptors (Lipinski definition) is 8. The maximum absolute atomic E-state index is 15.3. The molecule has 5 N–H and O–H groups in total. The van der Waals surface area contributed by atoms with Crippen LogP contribution in [0.4, 0.5) is 0 Å². The first kappa shape index (κ1) is 37.0. The van der Waals surface area contributed by atoms with Crippen molar-refractivity contribution in [2.45, 2.75) is 106 Å². The van der Waals surface area contributed by atoms with E-state index in [-0.39, 0.29) is 30.2 Å². The minimum Gasteiger partial charge on any atom is -0.506 e. The maximum atomic E-state index is 15.3. The molecule has 252 valence electrons. The molecule has 0 amide bonds. The van der Waals surface area contributed by atoms with Gasteiger partial charge in [-0.3, -0.25) is 14.4 Å². The lowest BCUT2D eigenvalue weighted by Gasteiger charge is -2.61. The molecule has 1 aromatic rings. The predicted octanol–water partition coefficient (Wildman–Crippen LogP) is 6.92. The number of carbonyl (C=O) groups excluding carboxylic acids is 3. The van der Waals surface area contributed by atoms with Gasteiger partial charge in [0.05, 0.1) is 17.1 Å². The van der Waals surface area contributed by atoms with Crippen LogP contribution in [-0.2, 0) is 14.4 Å². The standard InChI is InChI=1S/C38H52O8/c1-21(2)11-13-25(23(5)6)18-37-19-26(15-12-22(3)4)35(7,8)38(34(37)45,20-29(41)36(9,10)46)33(44)30(32(37)43)31(42)24-14-16-27(39)28(40)17-24/h11-12,14,16-17,25-26,29,39-42,46H,5,13,15,18-20H2,1-4,6-10H3/b31-30-/t25-,26-,29?,37+,38+/m1/s1. The molecule has 2 saturated carbocycles. The van der Waals surface area contributed by atoms with Gasteiger partial charge in [-0.15, -0.1) is 0 Å². The van der Waals surface area contributed by atoms with Crippen LogP contribution in [-0.4, -0.2) is 54.6 Å². The zero-order valence-electron chi connectivity index (χ0n) is 28.8. The van der Waals surface area contributed by atoms with E-state index < -0.39 is 74.6 Å². The highest BCUT2D eigenvalue weighted by Gasteiger charge is 2.74. The van der Waals surface area contributed by atoms with Crippen molar-refractivity contribution in [3.05, 3.63) is 64.8 Å². The smallest absolute Gasteiger partial charge is 0.184 e. The molecule has 0 aliphatic heterocycles. The van der Waals surface area contributed by atoms with Crippen molar-refractivity contribution in [1.82, 2.24) is 0 Å². The van der Waals surface area contributed by atoms with E-state index in [1.165, 1.54) is 19.9 Å². The number of ketones is 3. The van der Waals surface area contributed by atoms with E-state index in [0.717, 1.165) is 28.9 Å². The molecular weight excluding hydrogens is 584 g/mol. The molecule has 2 fully saturated rings. The zero-order chi connectivity index (χ0) is 35.2. The van der Waals surface area contributed by atoms with Crippen LogP contribution in [0, 0.1) is 28.1 Å². The Morgan fingerprint density at radius 2 is 1.57 bits per heavy atom. The van der Waals surface area contributed by atoms with Gasteiger partial charge in [0.25, 0.3) is 0 Å². The molecule has 8 heteroatoms. The molecule has 5 atom stereocenters. The lowest BCUT2D eigenvalue weighted by molar-refractivity contribution is -0.185. The van der Waals surface area contributed by atoms with Crippen molar-refractivity contribution in [3.63, 3.8) is 0 Å². The molecule has 0 spiro atoms. The van der Waals surface area contributed by atoms with Crippen molar-refractivity contribution in [2.75, 3.05) is 0 Å². The largest absolute Gasteiger partial charge is 0.506 e. The van der Waals surface area contributed by atoms with Crippen molar-refractivity contribution in [3.8, 4) is 11.5 Å². The van der Waals surface area contributed by atoms with E-state index in [2.05, 4.69) is 6.58 Å². The van der Waals surface area contributed by atoms with Gasteiger partial charge in [-0.25, -0.2) is 0 Å². The average molecular weight is 637 g/mol. The van der Waals surface area contributed by atoms with E-state index in [4.69, 9.17) is 0 Å². The van der Waals surface area contributed by atoms with Crippen LogP contribution in [0.1, 0.15) is 100.0 Å². The average Bonchev–Trinajstić information content (AvgIpc) is 2.93. The van der Waals surface area contributed by atoms with Crippen molar-refractivity contribution >= 4 is 23.1 Å². The number of phenols is 2. The summed E-state index contributed by atoms with van der Waals surface area (Å²) in [5, 5.41) is 54.0. The summed E-state index contributed by atoms with van der Waals surface area (Å²) < 4.78 is 0. The van der Waals surface area contributed by atoms with Crippen LogP contribution in [0.15, 0.2) is 59.2 Å². The van der Waals surface area contributed by atoms with E-state index in [9.17, 15) is 35.1 Å². The van der Waals surface area contributed by atoms with Crippen LogP contribution in [0.25, 0.3) is 5.76 Å². The molecule has 0 heterocycles. The fourth-order valence-electron chi connectivity index (χ4n) is 7.27. The fraction of sp³-hybridized carbons (Fsp3) is 0.553. The molecule has 3 rings (SSSR count). The lowest BCUT2D eigenvalue weighted by Crippen LogP contribution is -2.71. The number of benzene rings is 1. The Kier molecular flexibility index (Phi) is 10.4. The Morgan fingerprint density at radius 1 is 0.978 bits per heavy atom. The first-order chi connectivity index (χ1) is 21.0. The van der Waals surface area contributed by atoms with Gasteiger partial charge >= 0.3 is 0 Å². The lowest BCUT2D eigenvalue weighted by atomic mass is 9.38. The first-order valence-electron chi connectivity index (χ1n) is 16.0. The van der Waals surface area contributed by atoms with E-state index in [1.54, 1.807) is 13.8 Å². The minimum atomic E-state index is -2.00. The maximum Gasteiger partial charge on any atom is 0.184 e. The molecule has 1 unspecified atom stereocenters. The second kappa shape index (κ2) is 13.0. The van der Waals surface area contributed by atoms with Crippen molar-refractivity contribution in [2.24, 2.45) is 28.1 Å². The number of hydrogen-bond donors (Lipinski definition) is 5. The summed E-state index contributed by atoms with van der Waals surface area (Å²) >= 11 is 0. The molecule has 0 aromatic heterocycles. The van der Waals surface area contributed by atoms with Gasteiger partial charge in [0.15, 0.2) is 28.8 Å². The normalized spacial score (nSPS) is 26.7. The monoisotopic (exact) mass is 636 g/mol. The Bertz CT molecular complexity index is 1510. The van der Waals surface area contributed by atoms with Crippen molar-refractivity contribution < 1.29 is 39.9 Å². The first-order valence-corrected chi connectivity index (χ1v) is 16.0. The highest BCUT2D eigenvalue weighted by Crippen LogP contribution is 2.66. The van der Waals surface area contributed by atoms with Crippen LogP contribution in [0.2, 0.25) is 0 Å². The summed E-state index contributed by atoms with van der Waals surface area (Å²) in [6, 6.07) is 3.44. The van der Waals surface area contributed by atoms with Crippen LogP contribution in [0.3, 0.4) is 0 Å². The number of phenolic OH excluding ortho intramolecular Hbond substituents is 2. The van der Waals surface area contributed by atoms with E-state index >= 15 is 4.79 Å². The molecule has 1 aromatic carbocycles. The number of aliphatic hydroxyl groups excluding tert-OH is 2. The Balaban J connectivity index is 2.50. The van der Waals surface area contributed by atoms with E-state index in [1.807, 2.05) is 46.8 Å². The zero-order valence-corrected chi connectivity index (χ0v) is 28.8. The third-order valence-electron chi connectivity index (χ3n) is 10.5. The summed E-state index contributed by atoms with van der Waals surface area (Å²) in [4.78, 5) is 45.2. The Hall–Kier alpha value is -3.49. The van der Waals surface area contributed by atoms with Gasteiger partial charge in [0, 0.05) is 5.56 Å². The van der Waals surface area contributed by atoms with Gasteiger partial charge in [-0.2, -0.15) is 0 Å². The third-order valence-corrected chi connectivity index (χ3v) is 10.5. The molecule has 2 bridgehead atoms. The number of aromatic hydroxyl groups is 2. The third kappa shape index (κ3) is 6.39. The number of rotatable bonds is 11. The summed E-state index contributed by atoms with van der Waals surface area (Å²) in [5.74, 6) is -4.76. The molecule has 8 nitrogen and oxygen atoms in total. The number of allylic oxidation sites excluding steroid dienone is 6. The van der Waals surface area contributed by atoms with Gasteiger partial charge < -0.3 is 25.5 Å². The molecular formula is C38H52O8. The molecule has 2 aliphatic carbocycles. The molecule has 2 aliphatic rings. The minimum absolute atomic E-state index is 0.0381. The number of fused-ring (bicyclic) bond motifs is 2. The summed E-state index contributed by atoms with van der Waals surface area (Å²) in [5.41, 5.74) is -4.41. The van der Waals surface area contributed by atoms with Gasteiger partial charge in [0.1, 0.15) is 16.7 Å². The Labute approximate surface area is 273 Å². The summed E-state index contributed by atoms with van der Waals surface area (Å²) in [6.45, 7) is 20.2. The van der Waals surface area contributed by atoms with Crippen molar-refractivity contribution in [1.29, 1.82) is 0 Å². The van der Waals surface area contributed by atoms with Gasteiger partial charge in [0.2, 0.25) is 0 Å². The second-order valence-electron chi connectivity index (χ2n) is 15.2. The Morgan fingerprint density at radius 3 is 2.07 bits per heavy atom. The quantitative estimate of drug-likeness (QED) is 0.0438. The van der Waals surface area contributed by atoms with Gasteiger partial charge in [-0.05, 0) is 116 Å². The topological polar surface area (TPSA) is 152 Å². The van der Waals surface area contributed by atoms with Crippen LogP contribution in [0.5, 0.6) is 11.5 Å². The fourth-order valence-corrected chi connectivity index (χ4v) is 7.27. The predicted molar refractivity (Wildman–Crippen MR) is 179 cm³/mol. The summed E-state index contributed by atoms with van der Waals surface area (Å²) in [6.07, 6.45) is 3.15. The highest BCUT2D eigenvalue weighted by atomic mass is 16.3. The SMILES string of the molecule is C=C(C)[C@H](CC=C(C)C)C[C@]12C[C@@H](CC=C(C)C)C(C)(C)[C@@](CC(O)C(C)(C)O)(C(=O)/C(=C(\O)c3ccc(O)c(O)c3)C1=O)C2=O. The van der Waals surface area contributed by atoms with Crippen LogP contribution >= 0.6 is 0 Å².